The monoisotopic (exact) mass is 320 g/mol. The lowest BCUT2D eigenvalue weighted by molar-refractivity contribution is -0.119. The van der Waals surface area contributed by atoms with E-state index >= 15 is 0 Å². The molecular formula is C18H28N2OS. The molecule has 0 aromatic heterocycles. The summed E-state index contributed by atoms with van der Waals surface area (Å²) in [5.41, 5.74) is 2.21. The predicted octanol–water partition coefficient (Wildman–Crippen LogP) is 4.05. The van der Waals surface area contributed by atoms with Crippen LogP contribution < -0.4 is 10.6 Å². The minimum Gasteiger partial charge on any atom is -0.326 e. The first-order valence-electron chi connectivity index (χ1n) is 8.35. The lowest BCUT2D eigenvalue weighted by atomic mass is 10.0. The van der Waals surface area contributed by atoms with Crippen LogP contribution in [0.25, 0.3) is 0 Å². The van der Waals surface area contributed by atoms with Gasteiger partial charge in [0, 0.05) is 29.2 Å². The third-order valence-corrected chi connectivity index (χ3v) is 5.63. The number of hydrogen-bond acceptors (Lipinski definition) is 3. The molecule has 1 saturated carbocycles. The first-order chi connectivity index (χ1) is 10.7. The number of thioether (sulfide) groups is 1. The molecule has 1 aromatic rings. The summed E-state index contributed by atoms with van der Waals surface area (Å²) in [7, 11) is 1.87. The summed E-state index contributed by atoms with van der Waals surface area (Å²) in [4.78, 5) is 12.1. The second kappa shape index (κ2) is 9.21. The van der Waals surface area contributed by atoms with Gasteiger partial charge in [0.25, 0.3) is 0 Å². The van der Waals surface area contributed by atoms with Crippen LogP contribution in [0.2, 0.25) is 0 Å². The van der Waals surface area contributed by atoms with Gasteiger partial charge in [-0.15, -0.1) is 0 Å². The summed E-state index contributed by atoms with van der Waals surface area (Å²) in [6, 6.07) is 8.27. The van der Waals surface area contributed by atoms with Gasteiger partial charge in [0.15, 0.2) is 0 Å². The fourth-order valence-corrected chi connectivity index (χ4v) is 4.12. The topological polar surface area (TPSA) is 41.1 Å². The van der Waals surface area contributed by atoms with Crippen molar-refractivity contribution in [2.45, 2.75) is 50.0 Å². The Morgan fingerprint density at radius 2 is 2.09 bits per heavy atom. The van der Waals surface area contributed by atoms with Gasteiger partial charge < -0.3 is 10.6 Å². The summed E-state index contributed by atoms with van der Waals surface area (Å²) in [6.07, 6.45) is 6.91. The van der Waals surface area contributed by atoms with Gasteiger partial charge in [0.1, 0.15) is 0 Å². The molecule has 0 bridgehead atoms. The molecule has 0 saturated heterocycles. The maximum Gasteiger partial charge on any atom is 0.228 e. The van der Waals surface area contributed by atoms with E-state index in [0.29, 0.717) is 6.54 Å². The van der Waals surface area contributed by atoms with Crippen molar-refractivity contribution >= 4 is 23.4 Å². The van der Waals surface area contributed by atoms with E-state index in [9.17, 15) is 4.79 Å². The van der Waals surface area contributed by atoms with E-state index in [-0.39, 0.29) is 11.8 Å². The Hall–Kier alpha value is -1.00. The molecule has 0 heterocycles. The Morgan fingerprint density at radius 3 is 2.82 bits per heavy atom. The molecule has 0 radical (unpaired) electrons. The minimum absolute atomic E-state index is 0.0229. The van der Waals surface area contributed by atoms with Gasteiger partial charge in [-0.3, -0.25) is 4.79 Å². The van der Waals surface area contributed by atoms with E-state index in [1.165, 1.54) is 37.7 Å². The first kappa shape index (κ1) is 17.4. The number of nitrogens with one attached hydrogen (secondary N) is 2. The highest BCUT2D eigenvalue weighted by atomic mass is 32.2. The maximum absolute atomic E-state index is 12.1. The Labute approximate surface area is 138 Å². The van der Waals surface area contributed by atoms with E-state index in [4.69, 9.17) is 0 Å². The quantitative estimate of drug-likeness (QED) is 0.796. The molecule has 122 valence electrons. The first-order valence-corrected chi connectivity index (χ1v) is 9.40. The molecule has 22 heavy (non-hydrogen) atoms. The summed E-state index contributed by atoms with van der Waals surface area (Å²) >= 11 is 2.07. The Kier molecular flexibility index (Phi) is 7.26. The van der Waals surface area contributed by atoms with Gasteiger partial charge in [0.05, 0.1) is 0 Å². The molecule has 1 aromatic carbocycles. The van der Waals surface area contributed by atoms with Crippen molar-refractivity contribution in [3.63, 3.8) is 0 Å². The fraction of sp³-hybridized carbons (Fsp3) is 0.611. The SMILES string of the molecule is CNCC(C)C(=O)Nc1cccc(CSC2CCCCC2)c1. The molecular weight excluding hydrogens is 292 g/mol. The number of carbonyl (C=O) groups excluding carboxylic acids is 1. The molecule has 1 aliphatic carbocycles. The van der Waals surface area contributed by atoms with Crippen molar-refractivity contribution in [3.8, 4) is 0 Å². The van der Waals surface area contributed by atoms with Crippen molar-refractivity contribution in [1.29, 1.82) is 0 Å². The average molecular weight is 321 g/mol. The second-order valence-electron chi connectivity index (χ2n) is 6.22. The van der Waals surface area contributed by atoms with Crippen LogP contribution >= 0.6 is 11.8 Å². The fourth-order valence-electron chi connectivity index (χ4n) is 2.85. The minimum atomic E-state index is -0.0229. The van der Waals surface area contributed by atoms with Crippen LogP contribution in [0.1, 0.15) is 44.6 Å². The molecule has 1 amide bonds. The highest BCUT2D eigenvalue weighted by Crippen LogP contribution is 2.30. The Morgan fingerprint density at radius 1 is 1.32 bits per heavy atom. The number of amides is 1. The number of carbonyl (C=O) groups is 1. The smallest absolute Gasteiger partial charge is 0.228 e. The summed E-state index contributed by atoms with van der Waals surface area (Å²) < 4.78 is 0. The van der Waals surface area contributed by atoms with Gasteiger partial charge >= 0.3 is 0 Å². The third kappa shape index (κ3) is 5.65. The number of rotatable bonds is 7. The van der Waals surface area contributed by atoms with Gasteiger partial charge in [0.2, 0.25) is 5.91 Å². The molecule has 1 atom stereocenters. The second-order valence-corrected chi connectivity index (χ2v) is 7.51. The summed E-state index contributed by atoms with van der Waals surface area (Å²) in [6.45, 7) is 2.64. The van der Waals surface area contributed by atoms with Crippen molar-refractivity contribution in [3.05, 3.63) is 29.8 Å². The van der Waals surface area contributed by atoms with Crippen LogP contribution in [0.4, 0.5) is 5.69 Å². The summed E-state index contributed by atoms with van der Waals surface area (Å²) in [5, 5.41) is 6.88. The molecule has 1 aliphatic rings. The van der Waals surface area contributed by atoms with E-state index in [2.05, 4.69) is 34.5 Å². The van der Waals surface area contributed by atoms with Crippen molar-refractivity contribution in [2.24, 2.45) is 5.92 Å². The van der Waals surface area contributed by atoms with Crippen LogP contribution in [0.3, 0.4) is 0 Å². The number of benzene rings is 1. The molecule has 1 unspecified atom stereocenters. The normalized spacial score (nSPS) is 17.2. The van der Waals surface area contributed by atoms with Crippen LogP contribution in [-0.4, -0.2) is 24.7 Å². The highest BCUT2D eigenvalue weighted by molar-refractivity contribution is 7.99. The van der Waals surface area contributed by atoms with E-state index < -0.39 is 0 Å². The molecule has 2 N–H and O–H groups in total. The van der Waals surface area contributed by atoms with Crippen LogP contribution in [0.15, 0.2) is 24.3 Å². The number of hydrogen-bond donors (Lipinski definition) is 2. The Bertz CT molecular complexity index is 472. The largest absolute Gasteiger partial charge is 0.326 e. The third-order valence-electron chi connectivity index (χ3n) is 4.19. The van der Waals surface area contributed by atoms with Gasteiger partial charge in [-0.05, 0) is 37.6 Å². The van der Waals surface area contributed by atoms with Gasteiger partial charge in [-0.25, -0.2) is 0 Å². The zero-order valence-electron chi connectivity index (χ0n) is 13.7. The summed E-state index contributed by atoms with van der Waals surface area (Å²) in [5.74, 6) is 1.09. The lowest BCUT2D eigenvalue weighted by Gasteiger charge is -2.21. The molecule has 4 heteroatoms. The molecule has 1 fully saturated rings. The zero-order chi connectivity index (χ0) is 15.8. The standard InChI is InChI=1S/C18H28N2OS/c1-14(12-19-2)18(21)20-16-8-6-7-15(11-16)13-22-17-9-4-3-5-10-17/h6-8,11,14,17,19H,3-5,9-10,12-13H2,1-2H3,(H,20,21). The molecule has 2 rings (SSSR count). The van der Waals surface area contributed by atoms with Crippen molar-refractivity contribution in [1.82, 2.24) is 5.32 Å². The van der Waals surface area contributed by atoms with E-state index in [1.807, 2.05) is 26.1 Å². The lowest BCUT2D eigenvalue weighted by Crippen LogP contribution is -2.28. The van der Waals surface area contributed by atoms with Crippen LogP contribution in [0.5, 0.6) is 0 Å². The van der Waals surface area contributed by atoms with Gasteiger partial charge in [-0.1, -0.05) is 38.3 Å². The molecule has 0 aliphatic heterocycles. The van der Waals surface area contributed by atoms with Gasteiger partial charge in [-0.2, -0.15) is 11.8 Å². The molecule has 0 spiro atoms. The van der Waals surface area contributed by atoms with Crippen LogP contribution in [-0.2, 0) is 10.5 Å². The predicted molar refractivity (Wildman–Crippen MR) is 96.3 cm³/mol. The van der Waals surface area contributed by atoms with Crippen molar-refractivity contribution < 1.29 is 4.79 Å². The number of anilines is 1. The Balaban J connectivity index is 1.85. The molecule has 3 nitrogen and oxygen atoms in total. The maximum atomic E-state index is 12.1. The van der Waals surface area contributed by atoms with Crippen LogP contribution in [0, 0.1) is 5.92 Å². The zero-order valence-corrected chi connectivity index (χ0v) is 14.5. The van der Waals surface area contributed by atoms with Crippen molar-refractivity contribution in [2.75, 3.05) is 18.9 Å². The van der Waals surface area contributed by atoms with E-state index in [0.717, 1.165) is 16.7 Å². The average Bonchev–Trinajstić information content (AvgIpc) is 2.54. The van der Waals surface area contributed by atoms with E-state index in [1.54, 1.807) is 0 Å². The highest BCUT2D eigenvalue weighted by Gasteiger charge is 2.14.